The Morgan fingerprint density at radius 2 is 1.61 bits per heavy atom. The summed E-state index contributed by atoms with van der Waals surface area (Å²) in [5.41, 5.74) is 4.83. The number of ether oxygens (including phenoxy) is 1. The summed E-state index contributed by atoms with van der Waals surface area (Å²) in [5.74, 6) is -2.44. The van der Waals surface area contributed by atoms with Gasteiger partial charge in [0, 0.05) is 6.20 Å². The van der Waals surface area contributed by atoms with E-state index in [-0.39, 0.29) is 51.2 Å². The van der Waals surface area contributed by atoms with E-state index in [9.17, 15) is 26.4 Å². The third-order valence-electron chi connectivity index (χ3n) is 7.97. The molecule has 19 heteroatoms. The number of halogens is 3. The number of amides is 1. The summed E-state index contributed by atoms with van der Waals surface area (Å²) in [4.78, 5) is 20.3. The second-order valence-corrected chi connectivity index (χ2v) is 22.4. The number of nitrogen functional groups attached to an aromatic ring is 1. The fourth-order valence-electron chi connectivity index (χ4n) is 5.78. The van der Waals surface area contributed by atoms with Crippen LogP contribution < -0.4 is 11.5 Å². The predicted molar refractivity (Wildman–Crippen MR) is 158 cm³/mol. The smallest absolute Gasteiger partial charge is 0.467 e. The van der Waals surface area contributed by atoms with Crippen LogP contribution in [0.15, 0.2) is 18.3 Å². The molecule has 4 heterocycles. The van der Waals surface area contributed by atoms with Crippen LogP contribution in [0.1, 0.15) is 65.7 Å². The molecule has 1 amide bonds. The topological polar surface area (TPSA) is 180 Å². The van der Waals surface area contributed by atoms with Crippen molar-refractivity contribution in [3.05, 3.63) is 23.8 Å². The van der Waals surface area contributed by atoms with E-state index in [0.29, 0.717) is 0 Å². The summed E-state index contributed by atoms with van der Waals surface area (Å²) in [7, 11) is -12.8. The molecule has 13 nitrogen and oxygen atoms in total. The molecular weight excluding hydrogens is 644 g/mol. The van der Waals surface area contributed by atoms with Gasteiger partial charge in [-0.2, -0.15) is 21.6 Å². The fourth-order valence-corrected chi connectivity index (χ4v) is 17.4. The van der Waals surface area contributed by atoms with Crippen molar-refractivity contribution in [1.82, 2.24) is 14.5 Å². The average molecular weight is 682 g/mol. The first-order chi connectivity index (χ1) is 20.2. The number of rotatable bonds is 8. The molecule has 1 saturated heterocycles. The second kappa shape index (κ2) is 11.6. The van der Waals surface area contributed by atoms with Crippen LogP contribution in [0.2, 0.25) is 22.2 Å². The highest BCUT2D eigenvalue weighted by molar-refractivity contribution is 7.87. The second-order valence-electron chi connectivity index (χ2n) is 12.1. The summed E-state index contributed by atoms with van der Waals surface area (Å²) >= 11 is 0. The molecule has 2 aromatic heterocycles. The number of anilines is 1. The van der Waals surface area contributed by atoms with E-state index >= 15 is 0 Å². The lowest BCUT2D eigenvalue weighted by atomic mass is 10.2. The Labute approximate surface area is 255 Å². The van der Waals surface area contributed by atoms with E-state index in [1.807, 2.05) is 55.4 Å². The highest BCUT2D eigenvalue weighted by atomic mass is 32.2. The Morgan fingerprint density at radius 3 is 2.11 bits per heavy atom. The zero-order valence-corrected chi connectivity index (χ0v) is 28.4. The molecule has 0 bridgehead atoms. The Hall–Kier alpha value is -2.72. The molecule has 0 spiro atoms. The lowest BCUT2D eigenvalue weighted by molar-refractivity contribution is -0.0544. The molecule has 0 aromatic carbocycles. The molecule has 2 aliphatic rings. The zero-order chi connectivity index (χ0) is 33.2. The molecule has 2 aliphatic heterocycles. The van der Waals surface area contributed by atoms with E-state index in [2.05, 4.69) is 9.97 Å². The molecule has 0 saturated carbocycles. The quantitative estimate of drug-likeness (QED) is 0.228. The van der Waals surface area contributed by atoms with Crippen molar-refractivity contribution in [3.63, 3.8) is 0 Å². The van der Waals surface area contributed by atoms with Gasteiger partial charge in [0.05, 0.1) is 17.6 Å². The van der Waals surface area contributed by atoms with E-state index in [4.69, 9.17) is 33.4 Å². The highest BCUT2D eigenvalue weighted by Gasteiger charge is 2.62. The average Bonchev–Trinajstić information content (AvgIpc) is 3.41. The first-order valence-electron chi connectivity index (χ1n) is 14.0. The van der Waals surface area contributed by atoms with E-state index in [1.165, 1.54) is 0 Å². The molecule has 4 N–H and O–H groups in total. The number of primary amides is 1. The number of hydrogen-bond donors (Lipinski definition) is 2. The van der Waals surface area contributed by atoms with Gasteiger partial charge in [0.25, 0.3) is 5.91 Å². The molecule has 2 atom stereocenters. The monoisotopic (exact) mass is 681 g/mol. The van der Waals surface area contributed by atoms with Crippen molar-refractivity contribution in [3.8, 4) is 0 Å². The van der Waals surface area contributed by atoms with Crippen LogP contribution >= 0.6 is 0 Å². The Morgan fingerprint density at radius 1 is 1.05 bits per heavy atom. The van der Waals surface area contributed by atoms with Gasteiger partial charge in [0.2, 0.25) is 11.6 Å². The summed E-state index contributed by atoms with van der Waals surface area (Å²) in [5, 5.41) is -0.0157. The Bertz CT molecular complexity index is 1560. The van der Waals surface area contributed by atoms with Crippen LogP contribution in [0, 0.1) is 0 Å². The molecular formula is C25H38F3N5O8SSi2. The molecule has 44 heavy (non-hydrogen) atoms. The maximum Gasteiger partial charge on any atom is 0.534 e. The summed E-state index contributed by atoms with van der Waals surface area (Å²) in [6.07, 6.45) is -0.517. The van der Waals surface area contributed by atoms with Crippen LogP contribution in [-0.2, 0) is 32.0 Å². The lowest BCUT2D eigenvalue weighted by Gasteiger charge is -2.51. The van der Waals surface area contributed by atoms with Gasteiger partial charge >= 0.3 is 32.7 Å². The number of hydrogen-bond acceptors (Lipinski definition) is 11. The normalized spacial score (nSPS) is 22.4. The molecule has 1 fully saturated rings. The first-order valence-corrected chi connectivity index (χ1v) is 19.4. The Kier molecular flexibility index (Phi) is 8.99. The summed E-state index contributed by atoms with van der Waals surface area (Å²) in [6.45, 7) is 15.2. The van der Waals surface area contributed by atoms with Gasteiger partial charge in [-0.15, -0.1) is 0 Å². The molecule has 0 unspecified atom stereocenters. The largest absolute Gasteiger partial charge is 0.534 e. The highest BCUT2D eigenvalue weighted by Crippen LogP contribution is 2.49. The Balaban J connectivity index is 2.03. The minimum atomic E-state index is -6.23. The molecule has 0 radical (unpaired) electrons. The van der Waals surface area contributed by atoms with Crippen LogP contribution in [0.3, 0.4) is 0 Å². The fraction of sp³-hybridized carbons (Fsp3) is 0.640. The van der Waals surface area contributed by atoms with Gasteiger partial charge < -0.3 is 33.4 Å². The maximum absolute atomic E-state index is 13.7. The number of carbonyl (C=O) groups excluding carboxylic acids is 1. The number of nitrogens with zero attached hydrogens (tertiary/aromatic N) is 3. The zero-order valence-electron chi connectivity index (χ0n) is 25.6. The van der Waals surface area contributed by atoms with Gasteiger partial charge in [0.15, 0.2) is 17.9 Å². The number of nitrogens with two attached hydrogens (primary N) is 2. The first kappa shape index (κ1) is 34.2. The van der Waals surface area contributed by atoms with Crippen molar-refractivity contribution in [2.75, 3.05) is 12.3 Å². The van der Waals surface area contributed by atoms with Gasteiger partial charge in [-0.1, -0.05) is 55.4 Å². The van der Waals surface area contributed by atoms with Crippen LogP contribution in [0.25, 0.3) is 16.9 Å². The number of fused-ring (bicyclic) bond motifs is 2. The predicted octanol–water partition coefficient (Wildman–Crippen LogP) is 4.46. The number of aromatic nitrogens is 3. The van der Waals surface area contributed by atoms with Crippen molar-refractivity contribution < 1.29 is 48.3 Å². The van der Waals surface area contributed by atoms with Crippen LogP contribution in [0.4, 0.5) is 19.0 Å². The molecule has 4 rings (SSSR count). The van der Waals surface area contributed by atoms with E-state index in [1.54, 1.807) is 0 Å². The summed E-state index contributed by atoms with van der Waals surface area (Å²) in [6, 6.07) is 0. The number of alkyl halides is 3. The van der Waals surface area contributed by atoms with Gasteiger partial charge in [-0.3, -0.25) is 9.36 Å². The molecule has 0 aliphatic carbocycles. The van der Waals surface area contributed by atoms with Gasteiger partial charge in [-0.25, -0.2) is 9.97 Å². The van der Waals surface area contributed by atoms with Crippen molar-refractivity contribution in [2.24, 2.45) is 5.73 Å². The standard InChI is InChI=1S/C25H38F3N5O8SSi2/c1-12(2)43(13(3)4)37-10-17-19(40-44(41-43,14(5)6)15(7)8)20(39-42(35,36)25(26,27)28)24(38-17)33-9-16(22(30)34)18-21(29)31-11-32-23(18)33/h9,11-15,17,19H,10H2,1-8H3,(H2,30,34)(H2,29,31,32)/t17-,19-/m1/s1. The molecule has 2 aromatic rings. The lowest BCUT2D eigenvalue weighted by Crippen LogP contribution is -2.65. The third kappa shape index (κ3) is 5.50. The SMILES string of the molecule is CC(C)[Si]1(C(C)C)OC[C@H]2OC(n3cc(C(N)=O)c4c(N)ncnc43)=C(OS(=O)(=O)C(F)(F)F)[C@@H]2O[Si](C(C)C)(C(C)C)O1. The van der Waals surface area contributed by atoms with Gasteiger partial charge in [0.1, 0.15) is 12.1 Å². The van der Waals surface area contributed by atoms with Crippen molar-refractivity contribution in [2.45, 2.75) is 95.3 Å². The number of carbonyl (C=O) groups is 1. The minimum Gasteiger partial charge on any atom is -0.467 e. The van der Waals surface area contributed by atoms with Crippen LogP contribution in [0.5, 0.6) is 0 Å². The minimum absolute atomic E-state index is 0.0157. The van der Waals surface area contributed by atoms with Crippen molar-refractivity contribution in [1.29, 1.82) is 0 Å². The van der Waals surface area contributed by atoms with Gasteiger partial charge in [-0.05, 0) is 22.2 Å². The maximum atomic E-state index is 13.7. The summed E-state index contributed by atoms with van der Waals surface area (Å²) < 4.78 is 98.7. The molecule has 246 valence electrons. The third-order valence-corrected chi connectivity index (χ3v) is 19.2. The van der Waals surface area contributed by atoms with E-state index < -0.39 is 62.5 Å². The van der Waals surface area contributed by atoms with Crippen LogP contribution in [-0.4, -0.2) is 70.3 Å². The van der Waals surface area contributed by atoms with E-state index in [0.717, 1.165) is 17.1 Å². The van der Waals surface area contributed by atoms with Crippen molar-refractivity contribution >= 4 is 55.9 Å².